The maximum absolute atomic E-state index is 3.87. The molecule has 0 aliphatic rings. The van der Waals surface area contributed by atoms with Crippen molar-refractivity contribution < 1.29 is 21.1 Å². The molecule has 0 amide bonds. The second-order valence-corrected chi connectivity index (χ2v) is 2.35. The Labute approximate surface area is 76.1 Å². The minimum absolute atomic E-state index is 0. The van der Waals surface area contributed by atoms with Crippen molar-refractivity contribution in [3.8, 4) is 0 Å². The van der Waals surface area contributed by atoms with E-state index in [1.54, 1.807) is 12.4 Å². The van der Waals surface area contributed by atoms with Gasteiger partial charge >= 0.3 is 0 Å². The molecule has 2 heteroatoms. The Hall–Kier alpha value is -0.162. The zero-order valence-corrected chi connectivity index (χ0v) is 9.10. The van der Waals surface area contributed by atoms with Crippen LogP contribution in [0, 0.1) is 6.07 Å². The SMILES string of the molecule is CC(C)c1[c-]cncc1.[W]. The molecule has 1 heterocycles. The van der Waals surface area contributed by atoms with E-state index in [0.29, 0.717) is 5.92 Å². The van der Waals surface area contributed by atoms with Gasteiger partial charge in [-0.15, -0.1) is 0 Å². The van der Waals surface area contributed by atoms with Gasteiger partial charge in [-0.25, -0.2) is 11.6 Å². The summed E-state index contributed by atoms with van der Waals surface area (Å²) >= 11 is 0. The Morgan fingerprint density at radius 1 is 1.50 bits per heavy atom. The van der Waals surface area contributed by atoms with Crippen LogP contribution in [0.25, 0.3) is 0 Å². The van der Waals surface area contributed by atoms with Gasteiger partial charge in [0, 0.05) is 21.1 Å². The molecule has 0 atom stereocenters. The van der Waals surface area contributed by atoms with Gasteiger partial charge in [0.1, 0.15) is 0 Å². The summed E-state index contributed by atoms with van der Waals surface area (Å²) in [6.45, 7) is 4.29. The van der Waals surface area contributed by atoms with Crippen LogP contribution < -0.4 is 0 Å². The van der Waals surface area contributed by atoms with E-state index in [9.17, 15) is 0 Å². The van der Waals surface area contributed by atoms with Gasteiger partial charge < -0.3 is 4.98 Å². The van der Waals surface area contributed by atoms with Crippen LogP contribution >= 0.6 is 0 Å². The zero-order chi connectivity index (χ0) is 6.69. The van der Waals surface area contributed by atoms with Crippen molar-refractivity contribution in [2.45, 2.75) is 19.8 Å². The maximum Gasteiger partial charge on any atom is 0 e. The van der Waals surface area contributed by atoms with E-state index >= 15 is 0 Å². The minimum Gasteiger partial charge on any atom is -0.304 e. The number of nitrogens with zero attached hydrogens (tertiary/aromatic N) is 1. The summed E-state index contributed by atoms with van der Waals surface area (Å²) in [4.78, 5) is 3.87. The quantitative estimate of drug-likeness (QED) is 0.723. The summed E-state index contributed by atoms with van der Waals surface area (Å²) in [5.41, 5.74) is 1.23. The third-order valence-corrected chi connectivity index (χ3v) is 1.27. The molecule has 0 aliphatic carbocycles. The summed E-state index contributed by atoms with van der Waals surface area (Å²) in [5.74, 6) is 0.563. The first-order valence-corrected chi connectivity index (χ1v) is 3.12. The van der Waals surface area contributed by atoms with E-state index in [1.807, 2.05) is 6.07 Å². The molecule has 0 unspecified atom stereocenters. The molecule has 0 saturated carbocycles. The molecule has 0 N–H and O–H groups in total. The molecule has 0 bridgehead atoms. The van der Waals surface area contributed by atoms with Gasteiger partial charge in [0.25, 0.3) is 0 Å². The van der Waals surface area contributed by atoms with Crippen molar-refractivity contribution in [3.05, 3.63) is 30.1 Å². The van der Waals surface area contributed by atoms with Gasteiger partial charge in [0.05, 0.1) is 0 Å². The third-order valence-electron chi connectivity index (χ3n) is 1.27. The van der Waals surface area contributed by atoms with Crippen LogP contribution in [0.1, 0.15) is 25.3 Å². The van der Waals surface area contributed by atoms with Crippen LogP contribution in [0.4, 0.5) is 0 Å². The molecule has 10 heavy (non-hydrogen) atoms. The number of rotatable bonds is 1. The Balaban J connectivity index is 0.000000810. The van der Waals surface area contributed by atoms with E-state index in [4.69, 9.17) is 0 Å². The Bertz CT molecular complexity index is 172. The molecule has 0 aliphatic heterocycles. The average Bonchev–Trinajstić information content (AvgIpc) is 1.90. The number of pyridine rings is 1. The first-order valence-electron chi connectivity index (χ1n) is 3.12. The molecule has 54 valence electrons. The molecule has 0 aromatic carbocycles. The number of aromatic nitrogens is 1. The molecular weight excluding hydrogens is 294 g/mol. The fourth-order valence-electron chi connectivity index (χ4n) is 0.685. The van der Waals surface area contributed by atoms with E-state index < -0.39 is 0 Å². The summed E-state index contributed by atoms with van der Waals surface area (Å²) in [5, 5.41) is 0. The summed E-state index contributed by atoms with van der Waals surface area (Å²) in [6.07, 6.45) is 3.50. The first kappa shape index (κ1) is 9.84. The van der Waals surface area contributed by atoms with E-state index in [2.05, 4.69) is 24.9 Å². The van der Waals surface area contributed by atoms with E-state index in [1.165, 1.54) is 5.56 Å². The molecule has 0 fully saturated rings. The van der Waals surface area contributed by atoms with Crippen LogP contribution in [0.15, 0.2) is 18.5 Å². The maximum atomic E-state index is 3.87. The van der Waals surface area contributed by atoms with Gasteiger partial charge in [0.15, 0.2) is 0 Å². The smallest absolute Gasteiger partial charge is 0 e. The predicted molar refractivity (Wildman–Crippen MR) is 37.2 cm³/mol. The topological polar surface area (TPSA) is 12.9 Å². The predicted octanol–water partition coefficient (Wildman–Crippen LogP) is 2.00. The molecule has 1 aromatic heterocycles. The Morgan fingerprint density at radius 3 is 2.50 bits per heavy atom. The van der Waals surface area contributed by atoms with Crippen LogP contribution in [0.5, 0.6) is 0 Å². The minimum atomic E-state index is 0. The van der Waals surface area contributed by atoms with Gasteiger partial charge in [-0.05, 0) is 0 Å². The van der Waals surface area contributed by atoms with Crippen molar-refractivity contribution in [2.75, 3.05) is 0 Å². The third kappa shape index (κ3) is 2.62. The Morgan fingerprint density at radius 2 is 2.20 bits per heavy atom. The summed E-state index contributed by atoms with van der Waals surface area (Å²) in [7, 11) is 0. The van der Waals surface area contributed by atoms with E-state index in [-0.39, 0.29) is 21.1 Å². The Kier molecular flexibility index (Phi) is 4.55. The summed E-state index contributed by atoms with van der Waals surface area (Å²) in [6, 6.07) is 5.05. The van der Waals surface area contributed by atoms with Gasteiger partial charge in [-0.2, -0.15) is 6.07 Å². The van der Waals surface area contributed by atoms with Crippen molar-refractivity contribution in [1.82, 2.24) is 4.98 Å². The van der Waals surface area contributed by atoms with Gasteiger partial charge in [-0.1, -0.05) is 32.2 Å². The van der Waals surface area contributed by atoms with Crippen molar-refractivity contribution in [2.24, 2.45) is 0 Å². The summed E-state index contributed by atoms with van der Waals surface area (Å²) < 4.78 is 0. The fourth-order valence-corrected chi connectivity index (χ4v) is 0.685. The molecule has 0 radical (unpaired) electrons. The molecule has 1 aromatic rings. The standard InChI is InChI=1S/C8H10N.W/c1-7(2)8-3-5-9-6-4-8;/h3,5-7H,1-2H3;/q-1;. The fraction of sp³-hybridized carbons (Fsp3) is 0.375. The number of hydrogen-bond acceptors (Lipinski definition) is 1. The monoisotopic (exact) mass is 304 g/mol. The largest absolute Gasteiger partial charge is 0.304 e. The number of hydrogen-bond donors (Lipinski definition) is 0. The second-order valence-electron chi connectivity index (χ2n) is 2.35. The molecule has 0 saturated heterocycles. The van der Waals surface area contributed by atoms with E-state index in [0.717, 1.165) is 0 Å². The van der Waals surface area contributed by atoms with Gasteiger partial charge in [0.2, 0.25) is 0 Å². The van der Waals surface area contributed by atoms with Crippen molar-refractivity contribution >= 4 is 0 Å². The first-order chi connectivity index (χ1) is 4.30. The molecule has 0 spiro atoms. The molecule has 1 rings (SSSR count). The second kappa shape index (κ2) is 4.62. The molecular formula is C8H10NW-. The van der Waals surface area contributed by atoms with Crippen LogP contribution in [0.3, 0.4) is 0 Å². The van der Waals surface area contributed by atoms with Crippen molar-refractivity contribution in [3.63, 3.8) is 0 Å². The zero-order valence-electron chi connectivity index (χ0n) is 6.16. The van der Waals surface area contributed by atoms with Gasteiger partial charge in [-0.3, -0.25) is 0 Å². The van der Waals surface area contributed by atoms with Crippen molar-refractivity contribution in [1.29, 1.82) is 0 Å². The van der Waals surface area contributed by atoms with Crippen LogP contribution in [-0.2, 0) is 21.1 Å². The van der Waals surface area contributed by atoms with Crippen LogP contribution in [0.2, 0.25) is 0 Å². The van der Waals surface area contributed by atoms with Crippen LogP contribution in [-0.4, -0.2) is 4.98 Å². The molecule has 1 nitrogen and oxygen atoms in total. The average molecular weight is 304 g/mol. The normalized spacial score (nSPS) is 9.10.